The van der Waals surface area contributed by atoms with Crippen molar-refractivity contribution in [2.75, 3.05) is 6.54 Å². The van der Waals surface area contributed by atoms with Gasteiger partial charge in [0.05, 0.1) is 11.3 Å². The molecule has 0 amide bonds. The Balaban J connectivity index is 2.81. The van der Waals surface area contributed by atoms with Gasteiger partial charge in [0, 0.05) is 12.2 Å². The first-order valence-corrected chi connectivity index (χ1v) is 4.71. The van der Waals surface area contributed by atoms with Gasteiger partial charge in [-0.25, -0.2) is 0 Å². The maximum absolute atomic E-state index is 12.2. The first kappa shape index (κ1) is 12.0. The van der Waals surface area contributed by atoms with Crippen molar-refractivity contribution in [3.63, 3.8) is 0 Å². The largest absolute Gasteiger partial charge is 0.417 e. The fraction of sp³-hybridized carbons (Fsp3) is 0.500. The third-order valence-corrected chi connectivity index (χ3v) is 2.07. The fourth-order valence-electron chi connectivity index (χ4n) is 1.24. The average Bonchev–Trinajstić information content (AvgIpc) is 2.17. The molecule has 1 atom stereocenters. The molecular weight excluding hydrogens is 205 g/mol. The van der Waals surface area contributed by atoms with Crippen LogP contribution in [0.15, 0.2) is 18.3 Å². The summed E-state index contributed by atoms with van der Waals surface area (Å²) >= 11 is 0. The summed E-state index contributed by atoms with van der Waals surface area (Å²) in [6.45, 7) is 4.55. The fourth-order valence-corrected chi connectivity index (χ4v) is 1.24. The van der Waals surface area contributed by atoms with Gasteiger partial charge in [-0.2, -0.15) is 13.2 Å². The van der Waals surface area contributed by atoms with Crippen LogP contribution in [0.5, 0.6) is 0 Å². The summed E-state index contributed by atoms with van der Waals surface area (Å²) in [5.74, 6) is 0. The van der Waals surface area contributed by atoms with Crippen LogP contribution in [0.1, 0.15) is 31.1 Å². The van der Waals surface area contributed by atoms with E-state index in [1.54, 1.807) is 0 Å². The number of rotatable bonds is 3. The molecule has 5 heteroatoms. The van der Waals surface area contributed by atoms with Crippen LogP contribution >= 0.6 is 0 Å². The monoisotopic (exact) mass is 218 g/mol. The molecule has 0 radical (unpaired) electrons. The van der Waals surface area contributed by atoms with Crippen LogP contribution in [0.25, 0.3) is 0 Å². The van der Waals surface area contributed by atoms with Gasteiger partial charge in [0.15, 0.2) is 0 Å². The quantitative estimate of drug-likeness (QED) is 0.843. The molecule has 84 valence electrons. The molecule has 1 rings (SSSR count). The van der Waals surface area contributed by atoms with E-state index in [1.165, 1.54) is 6.07 Å². The Morgan fingerprint density at radius 2 is 2.07 bits per heavy atom. The van der Waals surface area contributed by atoms with Gasteiger partial charge in [0.1, 0.15) is 0 Å². The van der Waals surface area contributed by atoms with Crippen LogP contribution in [0.3, 0.4) is 0 Å². The molecule has 0 unspecified atom stereocenters. The van der Waals surface area contributed by atoms with Crippen LogP contribution in [0.4, 0.5) is 13.2 Å². The van der Waals surface area contributed by atoms with Crippen molar-refractivity contribution in [1.29, 1.82) is 0 Å². The maximum Gasteiger partial charge on any atom is 0.417 e. The van der Waals surface area contributed by atoms with E-state index in [9.17, 15) is 13.2 Å². The average molecular weight is 218 g/mol. The molecule has 0 aliphatic heterocycles. The highest BCUT2D eigenvalue weighted by molar-refractivity contribution is 5.18. The van der Waals surface area contributed by atoms with Crippen molar-refractivity contribution in [2.24, 2.45) is 0 Å². The van der Waals surface area contributed by atoms with E-state index in [-0.39, 0.29) is 6.04 Å². The topological polar surface area (TPSA) is 24.9 Å². The van der Waals surface area contributed by atoms with Crippen LogP contribution in [-0.2, 0) is 6.18 Å². The Bertz CT molecular complexity index is 305. The van der Waals surface area contributed by atoms with E-state index in [0.29, 0.717) is 5.69 Å². The molecule has 1 aromatic heterocycles. The molecule has 1 heterocycles. The summed E-state index contributed by atoms with van der Waals surface area (Å²) in [6, 6.07) is 2.42. The summed E-state index contributed by atoms with van der Waals surface area (Å²) in [5.41, 5.74) is -0.0974. The first-order valence-electron chi connectivity index (χ1n) is 4.71. The van der Waals surface area contributed by atoms with E-state index in [0.717, 1.165) is 18.8 Å². The Morgan fingerprint density at radius 3 is 2.47 bits per heavy atom. The van der Waals surface area contributed by atoms with E-state index in [2.05, 4.69) is 10.3 Å². The number of nitrogens with one attached hydrogen (secondary N) is 1. The van der Waals surface area contributed by atoms with Gasteiger partial charge < -0.3 is 5.32 Å². The summed E-state index contributed by atoms with van der Waals surface area (Å²) < 4.78 is 36.6. The number of hydrogen-bond donors (Lipinski definition) is 1. The lowest BCUT2D eigenvalue weighted by Crippen LogP contribution is -2.19. The van der Waals surface area contributed by atoms with Crippen LogP contribution in [0.2, 0.25) is 0 Å². The number of nitrogens with zero attached hydrogens (tertiary/aromatic N) is 1. The maximum atomic E-state index is 12.2. The van der Waals surface area contributed by atoms with Gasteiger partial charge in [-0.1, -0.05) is 6.92 Å². The second-order valence-corrected chi connectivity index (χ2v) is 3.25. The lowest BCUT2D eigenvalue weighted by molar-refractivity contribution is -0.137. The van der Waals surface area contributed by atoms with Crippen molar-refractivity contribution < 1.29 is 13.2 Å². The summed E-state index contributed by atoms with van der Waals surface area (Å²) in [5, 5.41) is 3.08. The first-order chi connectivity index (χ1) is 6.95. The zero-order chi connectivity index (χ0) is 11.5. The van der Waals surface area contributed by atoms with Crippen LogP contribution < -0.4 is 5.32 Å². The van der Waals surface area contributed by atoms with Crippen molar-refractivity contribution in [3.05, 3.63) is 29.6 Å². The second-order valence-electron chi connectivity index (χ2n) is 3.25. The third kappa shape index (κ3) is 3.20. The highest BCUT2D eigenvalue weighted by Crippen LogP contribution is 2.28. The van der Waals surface area contributed by atoms with Gasteiger partial charge in [0.2, 0.25) is 0 Å². The van der Waals surface area contributed by atoms with Crippen molar-refractivity contribution in [3.8, 4) is 0 Å². The van der Waals surface area contributed by atoms with E-state index >= 15 is 0 Å². The predicted molar refractivity (Wildman–Crippen MR) is 51.3 cm³/mol. The van der Waals surface area contributed by atoms with Gasteiger partial charge in [-0.05, 0) is 25.6 Å². The van der Waals surface area contributed by atoms with E-state index in [1.807, 2.05) is 13.8 Å². The van der Waals surface area contributed by atoms with Gasteiger partial charge >= 0.3 is 6.18 Å². The molecule has 0 saturated carbocycles. The highest BCUT2D eigenvalue weighted by atomic mass is 19.4. The number of hydrogen-bond acceptors (Lipinski definition) is 2. The summed E-state index contributed by atoms with van der Waals surface area (Å²) in [4.78, 5) is 3.78. The molecule has 1 N–H and O–H groups in total. The molecule has 1 aromatic rings. The summed E-state index contributed by atoms with van der Waals surface area (Å²) in [7, 11) is 0. The second kappa shape index (κ2) is 4.61. The van der Waals surface area contributed by atoms with Crippen molar-refractivity contribution >= 4 is 0 Å². The molecule has 0 bridgehead atoms. The van der Waals surface area contributed by atoms with Gasteiger partial charge in [-0.15, -0.1) is 0 Å². The number of halogens is 3. The lowest BCUT2D eigenvalue weighted by Gasteiger charge is -2.12. The Kier molecular flexibility index (Phi) is 3.68. The minimum absolute atomic E-state index is 0.0303. The standard InChI is InChI=1S/C10H13F3N2/c1-3-14-7(2)9-5-4-8(6-15-9)10(11,12)13/h4-7,14H,3H2,1-2H3/t7-/m1/s1. The highest BCUT2D eigenvalue weighted by Gasteiger charge is 2.30. The molecule has 0 aliphatic rings. The molecule has 15 heavy (non-hydrogen) atoms. The van der Waals surface area contributed by atoms with E-state index in [4.69, 9.17) is 0 Å². The molecular formula is C10H13F3N2. The number of alkyl halides is 3. The molecule has 0 aliphatic carbocycles. The molecule has 0 aromatic carbocycles. The van der Waals surface area contributed by atoms with E-state index < -0.39 is 11.7 Å². The summed E-state index contributed by atoms with van der Waals surface area (Å²) in [6.07, 6.45) is -3.45. The Morgan fingerprint density at radius 1 is 1.40 bits per heavy atom. The van der Waals surface area contributed by atoms with Crippen LogP contribution in [0, 0.1) is 0 Å². The third-order valence-electron chi connectivity index (χ3n) is 2.07. The van der Waals surface area contributed by atoms with Gasteiger partial charge in [0.25, 0.3) is 0 Å². The zero-order valence-corrected chi connectivity index (χ0v) is 8.60. The molecule has 0 saturated heterocycles. The lowest BCUT2D eigenvalue weighted by atomic mass is 10.2. The Labute approximate surface area is 86.5 Å². The SMILES string of the molecule is CCN[C@H](C)c1ccc(C(F)(F)F)cn1. The van der Waals surface area contributed by atoms with Crippen molar-refractivity contribution in [1.82, 2.24) is 10.3 Å². The number of aromatic nitrogens is 1. The van der Waals surface area contributed by atoms with Crippen molar-refractivity contribution in [2.45, 2.75) is 26.1 Å². The van der Waals surface area contributed by atoms with Crippen LogP contribution in [-0.4, -0.2) is 11.5 Å². The predicted octanol–water partition coefficient (Wildman–Crippen LogP) is 2.77. The minimum Gasteiger partial charge on any atom is -0.309 e. The smallest absolute Gasteiger partial charge is 0.309 e. The normalized spacial score (nSPS) is 13.9. The van der Waals surface area contributed by atoms with Gasteiger partial charge in [-0.3, -0.25) is 4.98 Å². The minimum atomic E-state index is -4.31. The zero-order valence-electron chi connectivity index (χ0n) is 8.60. The number of pyridine rings is 1. The molecule has 0 fully saturated rings. The molecule has 2 nitrogen and oxygen atoms in total. The molecule has 0 spiro atoms. The Hall–Kier alpha value is -1.10.